The number of aromatic nitrogens is 1. The molecule has 1 heterocycles. The van der Waals surface area contributed by atoms with Gasteiger partial charge in [-0.05, 0) is 37.6 Å². The molecule has 2 aromatic carbocycles. The summed E-state index contributed by atoms with van der Waals surface area (Å²) in [5.41, 5.74) is 6.42. The van der Waals surface area contributed by atoms with Gasteiger partial charge in [0.25, 0.3) is 0 Å². The highest BCUT2D eigenvalue weighted by Crippen LogP contribution is 2.35. The second-order valence-corrected chi connectivity index (χ2v) is 7.84. The lowest BCUT2D eigenvalue weighted by molar-refractivity contribution is -0.114. The molecule has 1 amide bonds. The Bertz CT molecular complexity index is 1030. The third-order valence-electron chi connectivity index (χ3n) is 4.41. The third kappa shape index (κ3) is 4.14. The molecule has 0 radical (unpaired) electrons. The van der Waals surface area contributed by atoms with E-state index in [1.165, 1.54) is 6.92 Å². The highest BCUT2D eigenvalue weighted by molar-refractivity contribution is 7.84. The van der Waals surface area contributed by atoms with E-state index in [4.69, 9.17) is 4.98 Å². The Hall–Kier alpha value is -2.79. The Labute approximate surface area is 162 Å². The summed E-state index contributed by atoms with van der Waals surface area (Å²) in [6, 6.07) is 17.7. The van der Waals surface area contributed by atoms with Crippen LogP contribution in [0.1, 0.15) is 18.3 Å². The first kappa shape index (κ1) is 19.0. The van der Waals surface area contributed by atoms with Gasteiger partial charge in [0.2, 0.25) is 5.91 Å². The molecular weight excluding hydrogens is 356 g/mol. The van der Waals surface area contributed by atoms with Crippen molar-refractivity contribution in [3.8, 4) is 22.3 Å². The van der Waals surface area contributed by atoms with Gasteiger partial charge in [-0.1, -0.05) is 36.4 Å². The zero-order valence-electron chi connectivity index (χ0n) is 15.9. The molecule has 27 heavy (non-hydrogen) atoms. The maximum atomic E-state index is 11.9. The topological polar surface area (TPSA) is 59.1 Å². The van der Waals surface area contributed by atoms with Crippen molar-refractivity contribution >= 4 is 22.4 Å². The van der Waals surface area contributed by atoms with Gasteiger partial charge in [-0.2, -0.15) is 0 Å². The number of nitrogens with zero attached hydrogens (tertiary/aromatic N) is 1. The highest BCUT2D eigenvalue weighted by Gasteiger charge is 2.15. The molecule has 0 fully saturated rings. The molecule has 4 nitrogen and oxygen atoms in total. The van der Waals surface area contributed by atoms with Gasteiger partial charge in [0.15, 0.2) is 0 Å². The molecule has 3 aromatic rings. The second-order valence-electron chi connectivity index (χ2n) is 6.46. The number of nitrogens with one attached hydrogen (secondary N) is 1. The van der Waals surface area contributed by atoms with Gasteiger partial charge in [0.05, 0.1) is 0 Å². The molecule has 1 unspecified atom stereocenters. The van der Waals surface area contributed by atoms with Crippen LogP contribution in [0, 0.1) is 13.8 Å². The Morgan fingerprint density at radius 3 is 2.22 bits per heavy atom. The first-order chi connectivity index (χ1) is 12.9. The van der Waals surface area contributed by atoms with E-state index in [1.807, 2.05) is 44.2 Å². The lowest BCUT2D eigenvalue weighted by Crippen LogP contribution is -2.08. The molecule has 1 aromatic heterocycles. The lowest BCUT2D eigenvalue weighted by Gasteiger charge is -2.16. The molecule has 138 valence electrons. The van der Waals surface area contributed by atoms with Crippen LogP contribution >= 0.6 is 0 Å². The van der Waals surface area contributed by atoms with Crippen LogP contribution in [0.15, 0.2) is 59.5 Å². The van der Waals surface area contributed by atoms with E-state index in [0.717, 1.165) is 33.6 Å². The number of hydrogen-bond acceptors (Lipinski definition) is 3. The number of pyridine rings is 1. The molecule has 5 heteroatoms. The molecule has 0 spiro atoms. The summed E-state index contributed by atoms with van der Waals surface area (Å²) >= 11 is 0. The Morgan fingerprint density at radius 1 is 0.926 bits per heavy atom. The number of hydrogen-bond donors (Lipinski definition) is 1. The standard InChI is InChI=1S/C22H22N2O2S/c1-14-20(17-8-6-5-7-9-17)13-21(15(2)23-14)19-11-10-18(27(4)26)12-22(19)24-16(3)25/h5-13H,1-4H3,(H,24,25). The first-order valence-electron chi connectivity index (χ1n) is 8.66. The van der Waals surface area contributed by atoms with Gasteiger partial charge < -0.3 is 5.32 Å². The average Bonchev–Trinajstić information content (AvgIpc) is 2.62. The van der Waals surface area contributed by atoms with Gasteiger partial charge in [0.1, 0.15) is 0 Å². The van der Waals surface area contributed by atoms with Crippen LogP contribution in [-0.4, -0.2) is 21.4 Å². The molecule has 0 saturated carbocycles. The maximum absolute atomic E-state index is 11.9. The van der Waals surface area contributed by atoms with Gasteiger partial charge in [-0.3, -0.25) is 14.0 Å². The van der Waals surface area contributed by atoms with Gasteiger partial charge >= 0.3 is 0 Å². The molecule has 1 N–H and O–H groups in total. The minimum atomic E-state index is -1.13. The lowest BCUT2D eigenvalue weighted by atomic mass is 9.96. The molecule has 3 rings (SSSR count). The summed E-state index contributed by atoms with van der Waals surface area (Å²) in [6.07, 6.45) is 1.62. The van der Waals surface area contributed by atoms with E-state index >= 15 is 0 Å². The van der Waals surface area contributed by atoms with Gasteiger partial charge in [-0.15, -0.1) is 0 Å². The summed E-state index contributed by atoms with van der Waals surface area (Å²) in [5, 5.41) is 2.87. The number of aryl methyl sites for hydroxylation is 2. The predicted molar refractivity (Wildman–Crippen MR) is 111 cm³/mol. The normalized spacial score (nSPS) is 11.9. The fraction of sp³-hybridized carbons (Fsp3) is 0.182. The fourth-order valence-electron chi connectivity index (χ4n) is 3.14. The van der Waals surface area contributed by atoms with Crippen molar-refractivity contribution in [1.29, 1.82) is 0 Å². The molecular formula is C22H22N2O2S. The summed E-state index contributed by atoms with van der Waals surface area (Å²) in [4.78, 5) is 17.1. The Balaban J connectivity index is 2.21. The first-order valence-corrected chi connectivity index (χ1v) is 10.2. The number of benzene rings is 2. The van der Waals surface area contributed by atoms with E-state index in [-0.39, 0.29) is 5.91 Å². The van der Waals surface area contributed by atoms with Crippen LogP contribution in [0.2, 0.25) is 0 Å². The quantitative estimate of drug-likeness (QED) is 0.714. The summed E-state index contributed by atoms with van der Waals surface area (Å²) in [6.45, 7) is 5.42. The molecule has 1 atom stereocenters. The van der Waals surface area contributed by atoms with Gasteiger partial charge in [-0.25, -0.2) is 0 Å². The monoisotopic (exact) mass is 378 g/mol. The Kier molecular flexibility index (Phi) is 5.51. The smallest absolute Gasteiger partial charge is 0.221 e. The minimum Gasteiger partial charge on any atom is -0.326 e. The van der Waals surface area contributed by atoms with Crippen molar-refractivity contribution in [3.05, 3.63) is 66.0 Å². The zero-order chi connectivity index (χ0) is 19.6. The second kappa shape index (κ2) is 7.84. The molecule has 0 aliphatic heterocycles. The van der Waals surface area contributed by atoms with E-state index in [2.05, 4.69) is 23.5 Å². The van der Waals surface area contributed by atoms with Crippen molar-refractivity contribution in [2.45, 2.75) is 25.7 Å². The van der Waals surface area contributed by atoms with Crippen molar-refractivity contribution < 1.29 is 9.00 Å². The maximum Gasteiger partial charge on any atom is 0.221 e. The number of anilines is 1. The largest absolute Gasteiger partial charge is 0.326 e. The SMILES string of the molecule is CC(=O)Nc1cc(S(C)=O)ccc1-c1cc(-c2ccccc2)c(C)nc1C. The van der Waals surface area contributed by atoms with Crippen molar-refractivity contribution in [2.24, 2.45) is 0 Å². The van der Waals surface area contributed by atoms with Crippen LogP contribution in [-0.2, 0) is 15.6 Å². The molecule has 0 aliphatic rings. The molecule has 0 bridgehead atoms. The van der Waals surface area contributed by atoms with Crippen LogP contribution < -0.4 is 5.32 Å². The van der Waals surface area contributed by atoms with Gasteiger partial charge in [0, 0.05) is 62.6 Å². The minimum absolute atomic E-state index is 0.170. The van der Waals surface area contributed by atoms with Crippen molar-refractivity contribution in [2.75, 3.05) is 11.6 Å². The van der Waals surface area contributed by atoms with Crippen LogP contribution in [0.4, 0.5) is 5.69 Å². The average molecular weight is 378 g/mol. The van der Waals surface area contributed by atoms with E-state index in [1.54, 1.807) is 12.3 Å². The fourth-order valence-corrected chi connectivity index (χ4v) is 3.68. The highest BCUT2D eigenvalue weighted by atomic mass is 32.2. The Morgan fingerprint density at radius 2 is 1.59 bits per heavy atom. The van der Waals surface area contributed by atoms with Crippen LogP contribution in [0.3, 0.4) is 0 Å². The summed E-state index contributed by atoms with van der Waals surface area (Å²) in [5.74, 6) is -0.170. The van der Waals surface area contributed by atoms with E-state index < -0.39 is 10.8 Å². The number of rotatable bonds is 4. The zero-order valence-corrected chi connectivity index (χ0v) is 16.7. The summed E-state index contributed by atoms with van der Waals surface area (Å²) in [7, 11) is -1.13. The van der Waals surface area contributed by atoms with E-state index in [9.17, 15) is 9.00 Å². The third-order valence-corrected chi connectivity index (χ3v) is 5.33. The van der Waals surface area contributed by atoms with Crippen LogP contribution in [0.25, 0.3) is 22.3 Å². The molecule has 0 aliphatic carbocycles. The van der Waals surface area contributed by atoms with Crippen LogP contribution in [0.5, 0.6) is 0 Å². The predicted octanol–water partition coefficient (Wildman–Crippen LogP) is 4.73. The number of carbonyl (C=O) groups excluding carboxylic acids is 1. The number of carbonyl (C=O) groups is 1. The van der Waals surface area contributed by atoms with Crippen molar-refractivity contribution in [3.63, 3.8) is 0 Å². The van der Waals surface area contributed by atoms with E-state index in [0.29, 0.717) is 10.6 Å². The summed E-state index contributed by atoms with van der Waals surface area (Å²) < 4.78 is 11.9. The van der Waals surface area contributed by atoms with Crippen molar-refractivity contribution in [1.82, 2.24) is 4.98 Å². The number of amides is 1. The molecule has 0 saturated heterocycles.